The standard InChI is InChI=1S/C15H20F2N2O2/c1-10-8-18-7-6-11(10)9-19-14(20)12-4-2-3-5-13(12)21-15(16)17/h2-5,10-11,15,18H,6-9H2,1H3,(H,19,20). The molecule has 2 unspecified atom stereocenters. The van der Waals surface area contributed by atoms with Crippen molar-refractivity contribution in [1.82, 2.24) is 10.6 Å². The molecule has 0 bridgehead atoms. The van der Waals surface area contributed by atoms with Gasteiger partial charge in [0, 0.05) is 6.54 Å². The predicted octanol–water partition coefficient (Wildman–Crippen LogP) is 2.26. The van der Waals surface area contributed by atoms with E-state index in [1.54, 1.807) is 12.1 Å². The van der Waals surface area contributed by atoms with Gasteiger partial charge < -0.3 is 15.4 Å². The lowest BCUT2D eigenvalue weighted by molar-refractivity contribution is -0.0501. The van der Waals surface area contributed by atoms with Gasteiger partial charge in [-0.2, -0.15) is 8.78 Å². The number of ether oxygens (including phenoxy) is 1. The van der Waals surface area contributed by atoms with E-state index in [0.717, 1.165) is 19.5 Å². The van der Waals surface area contributed by atoms with E-state index in [4.69, 9.17) is 0 Å². The van der Waals surface area contributed by atoms with Gasteiger partial charge in [0.1, 0.15) is 5.75 Å². The molecule has 0 aromatic heterocycles. The molecule has 2 atom stereocenters. The van der Waals surface area contributed by atoms with E-state index in [-0.39, 0.29) is 17.2 Å². The Morgan fingerprint density at radius 2 is 2.24 bits per heavy atom. The van der Waals surface area contributed by atoms with Crippen LogP contribution in [0.4, 0.5) is 8.78 Å². The second-order valence-electron chi connectivity index (χ2n) is 5.31. The topological polar surface area (TPSA) is 50.4 Å². The molecule has 1 amide bonds. The molecular formula is C15H20F2N2O2. The zero-order chi connectivity index (χ0) is 15.2. The molecule has 6 heteroatoms. The third-order valence-electron chi connectivity index (χ3n) is 3.84. The van der Waals surface area contributed by atoms with Gasteiger partial charge in [-0.15, -0.1) is 0 Å². The monoisotopic (exact) mass is 298 g/mol. The van der Waals surface area contributed by atoms with E-state index in [1.165, 1.54) is 12.1 Å². The quantitative estimate of drug-likeness (QED) is 0.876. The number of amides is 1. The van der Waals surface area contributed by atoms with Crippen LogP contribution in [0.1, 0.15) is 23.7 Å². The molecule has 0 radical (unpaired) electrons. The van der Waals surface area contributed by atoms with Gasteiger partial charge in [0.15, 0.2) is 0 Å². The molecular weight excluding hydrogens is 278 g/mol. The molecule has 116 valence electrons. The highest BCUT2D eigenvalue weighted by Gasteiger charge is 2.22. The van der Waals surface area contributed by atoms with Gasteiger partial charge in [0.25, 0.3) is 5.91 Å². The molecule has 0 saturated carbocycles. The Bertz CT molecular complexity index is 482. The first-order valence-electron chi connectivity index (χ1n) is 7.10. The number of hydrogen-bond donors (Lipinski definition) is 2. The summed E-state index contributed by atoms with van der Waals surface area (Å²) in [7, 11) is 0. The molecule has 1 aromatic carbocycles. The van der Waals surface area contributed by atoms with Crippen LogP contribution in [0.25, 0.3) is 0 Å². The summed E-state index contributed by atoms with van der Waals surface area (Å²) in [6, 6.07) is 6.04. The number of benzene rings is 1. The Morgan fingerprint density at radius 3 is 2.95 bits per heavy atom. The molecule has 1 heterocycles. The van der Waals surface area contributed by atoms with Crippen molar-refractivity contribution < 1.29 is 18.3 Å². The number of halogens is 2. The predicted molar refractivity (Wildman–Crippen MR) is 75.5 cm³/mol. The van der Waals surface area contributed by atoms with Gasteiger partial charge >= 0.3 is 6.61 Å². The third kappa shape index (κ3) is 4.39. The van der Waals surface area contributed by atoms with Crippen LogP contribution in [0, 0.1) is 11.8 Å². The zero-order valence-corrected chi connectivity index (χ0v) is 11.9. The zero-order valence-electron chi connectivity index (χ0n) is 11.9. The minimum atomic E-state index is -2.94. The molecule has 2 N–H and O–H groups in total. The fraction of sp³-hybridized carbons (Fsp3) is 0.533. The molecule has 0 aliphatic carbocycles. The molecule has 1 saturated heterocycles. The van der Waals surface area contributed by atoms with E-state index < -0.39 is 6.61 Å². The average Bonchev–Trinajstić information content (AvgIpc) is 2.46. The smallest absolute Gasteiger partial charge is 0.387 e. The maximum atomic E-state index is 12.3. The maximum Gasteiger partial charge on any atom is 0.387 e. The minimum Gasteiger partial charge on any atom is -0.434 e. The molecule has 1 aliphatic heterocycles. The molecule has 1 aliphatic rings. The molecule has 2 rings (SSSR count). The van der Waals surface area contributed by atoms with Crippen molar-refractivity contribution in [3.8, 4) is 5.75 Å². The van der Waals surface area contributed by atoms with Crippen LogP contribution >= 0.6 is 0 Å². The van der Waals surface area contributed by atoms with Crippen molar-refractivity contribution in [1.29, 1.82) is 0 Å². The highest BCUT2D eigenvalue weighted by atomic mass is 19.3. The van der Waals surface area contributed by atoms with Gasteiger partial charge in [0.2, 0.25) is 0 Å². The van der Waals surface area contributed by atoms with Crippen molar-refractivity contribution >= 4 is 5.91 Å². The van der Waals surface area contributed by atoms with Crippen molar-refractivity contribution in [2.45, 2.75) is 20.0 Å². The Morgan fingerprint density at radius 1 is 1.48 bits per heavy atom. The summed E-state index contributed by atoms with van der Waals surface area (Å²) in [5.41, 5.74) is 0.138. The average molecular weight is 298 g/mol. The highest BCUT2D eigenvalue weighted by Crippen LogP contribution is 2.21. The lowest BCUT2D eigenvalue weighted by atomic mass is 9.88. The number of carbonyl (C=O) groups excluding carboxylic acids is 1. The summed E-state index contributed by atoms with van der Waals surface area (Å²) < 4.78 is 29.0. The van der Waals surface area contributed by atoms with Crippen LogP contribution in [0.15, 0.2) is 24.3 Å². The fourth-order valence-electron chi connectivity index (χ4n) is 2.54. The number of para-hydroxylation sites is 1. The lowest BCUT2D eigenvalue weighted by Gasteiger charge is -2.29. The number of alkyl halides is 2. The Hall–Kier alpha value is -1.69. The van der Waals surface area contributed by atoms with Crippen LogP contribution in [0.3, 0.4) is 0 Å². The number of rotatable bonds is 5. The lowest BCUT2D eigenvalue weighted by Crippen LogP contribution is -2.41. The number of nitrogens with one attached hydrogen (secondary N) is 2. The van der Waals surface area contributed by atoms with Gasteiger partial charge in [-0.1, -0.05) is 19.1 Å². The van der Waals surface area contributed by atoms with Crippen LogP contribution in [0.2, 0.25) is 0 Å². The second kappa shape index (κ2) is 7.36. The first kappa shape index (κ1) is 15.7. The van der Waals surface area contributed by atoms with Crippen LogP contribution in [0.5, 0.6) is 5.75 Å². The Kier molecular flexibility index (Phi) is 5.50. The largest absolute Gasteiger partial charge is 0.434 e. The van der Waals surface area contributed by atoms with E-state index in [1.807, 2.05) is 0 Å². The number of piperidine rings is 1. The van der Waals surface area contributed by atoms with E-state index in [0.29, 0.717) is 18.4 Å². The van der Waals surface area contributed by atoms with Gasteiger partial charge in [-0.25, -0.2) is 0 Å². The third-order valence-corrected chi connectivity index (χ3v) is 3.84. The molecule has 1 aromatic rings. The first-order valence-corrected chi connectivity index (χ1v) is 7.10. The first-order chi connectivity index (χ1) is 10.1. The number of carbonyl (C=O) groups is 1. The SMILES string of the molecule is CC1CNCCC1CNC(=O)c1ccccc1OC(F)F. The van der Waals surface area contributed by atoms with Crippen molar-refractivity contribution in [3.63, 3.8) is 0 Å². The summed E-state index contributed by atoms with van der Waals surface area (Å²) in [6.07, 6.45) is 0.997. The molecule has 4 nitrogen and oxygen atoms in total. The summed E-state index contributed by atoms with van der Waals surface area (Å²) >= 11 is 0. The second-order valence-corrected chi connectivity index (χ2v) is 5.31. The normalized spacial score (nSPS) is 22.1. The van der Waals surface area contributed by atoms with E-state index in [9.17, 15) is 13.6 Å². The minimum absolute atomic E-state index is 0.0941. The van der Waals surface area contributed by atoms with Crippen molar-refractivity contribution in [2.24, 2.45) is 11.8 Å². The molecule has 21 heavy (non-hydrogen) atoms. The van der Waals surface area contributed by atoms with Gasteiger partial charge in [0.05, 0.1) is 5.56 Å². The highest BCUT2D eigenvalue weighted by molar-refractivity contribution is 5.96. The number of hydrogen-bond acceptors (Lipinski definition) is 3. The summed E-state index contributed by atoms with van der Waals surface area (Å²) in [6.45, 7) is 1.62. The molecule has 1 fully saturated rings. The molecule has 0 spiro atoms. The van der Waals surface area contributed by atoms with Gasteiger partial charge in [-0.3, -0.25) is 4.79 Å². The van der Waals surface area contributed by atoms with Crippen molar-refractivity contribution in [2.75, 3.05) is 19.6 Å². The van der Waals surface area contributed by atoms with Crippen LogP contribution in [-0.2, 0) is 0 Å². The van der Waals surface area contributed by atoms with Gasteiger partial charge in [-0.05, 0) is 43.5 Å². The van der Waals surface area contributed by atoms with Crippen LogP contribution in [-0.4, -0.2) is 32.2 Å². The summed E-state index contributed by atoms with van der Waals surface area (Å²) in [4.78, 5) is 12.1. The fourth-order valence-corrected chi connectivity index (χ4v) is 2.54. The van der Waals surface area contributed by atoms with E-state index >= 15 is 0 Å². The van der Waals surface area contributed by atoms with E-state index in [2.05, 4.69) is 22.3 Å². The Labute approximate surface area is 122 Å². The maximum absolute atomic E-state index is 12.3. The summed E-state index contributed by atoms with van der Waals surface area (Å²) in [5.74, 6) is 0.408. The van der Waals surface area contributed by atoms with Crippen molar-refractivity contribution in [3.05, 3.63) is 29.8 Å². The summed E-state index contributed by atoms with van der Waals surface area (Å²) in [5, 5.41) is 6.12. The Balaban J connectivity index is 1.96. The van der Waals surface area contributed by atoms with Crippen LogP contribution < -0.4 is 15.4 Å².